The van der Waals surface area contributed by atoms with Gasteiger partial charge in [0.05, 0.1) is 39.5 Å². The van der Waals surface area contributed by atoms with Gasteiger partial charge in [-0.3, -0.25) is 9.59 Å². The minimum Gasteiger partial charge on any atom is -0.478 e. The Labute approximate surface area is 248 Å². The van der Waals surface area contributed by atoms with Gasteiger partial charge >= 0.3 is 12.1 Å². The molecule has 4 aromatic rings. The van der Waals surface area contributed by atoms with E-state index in [1.54, 1.807) is 6.92 Å². The Bertz CT molecular complexity index is 1810. The third-order valence-electron chi connectivity index (χ3n) is 6.62. The van der Waals surface area contributed by atoms with Crippen molar-refractivity contribution in [1.82, 2.24) is 5.16 Å². The number of aliphatic hydroxyl groups is 1. The number of carboxylic acids is 1. The van der Waals surface area contributed by atoms with E-state index in [0.717, 1.165) is 12.1 Å². The van der Waals surface area contributed by atoms with E-state index in [9.17, 15) is 37.8 Å². The lowest BCUT2D eigenvalue weighted by molar-refractivity contribution is -0.137. The molecule has 44 heavy (non-hydrogen) atoms. The number of alkyl halides is 3. The molecular formula is C30H26F3N5O6. The van der Waals surface area contributed by atoms with Gasteiger partial charge in [-0.15, -0.1) is 0 Å². The molecule has 0 aliphatic rings. The Balaban J connectivity index is 1.89. The SMILES string of the molecule is CCCC(=O)N(C)c1cc2c(C(=O)Nc3ccc(C#N)cc3C(=O)O)noc2cc1-c1ccc(NC(C)O)cc1C(F)(F)F. The zero-order valence-electron chi connectivity index (χ0n) is 23.6. The minimum atomic E-state index is -4.83. The van der Waals surface area contributed by atoms with Crippen molar-refractivity contribution in [2.45, 2.75) is 39.1 Å². The van der Waals surface area contributed by atoms with E-state index in [4.69, 9.17) is 9.78 Å². The number of aliphatic hydroxyl groups excluding tert-OH is 1. The Morgan fingerprint density at radius 3 is 2.45 bits per heavy atom. The molecule has 2 amide bonds. The normalized spacial score (nSPS) is 12.0. The predicted octanol–water partition coefficient (Wildman–Crippen LogP) is 5.85. The van der Waals surface area contributed by atoms with Crippen molar-refractivity contribution < 1.29 is 42.3 Å². The van der Waals surface area contributed by atoms with Gasteiger partial charge in [-0.2, -0.15) is 18.4 Å². The number of carboxylic acid groups (broad SMARTS) is 1. The number of aromatic nitrogens is 1. The zero-order chi connectivity index (χ0) is 32.3. The lowest BCUT2D eigenvalue weighted by Gasteiger charge is -2.23. The third-order valence-corrected chi connectivity index (χ3v) is 6.62. The Hall–Kier alpha value is -5.42. The van der Waals surface area contributed by atoms with Gasteiger partial charge in [0.2, 0.25) is 5.91 Å². The third kappa shape index (κ3) is 6.47. The van der Waals surface area contributed by atoms with E-state index in [2.05, 4.69) is 15.8 Å². The molecule has 0 saturated carbocycles. The monoisotopic (exact) mass is 609 g/mol. The van der Waals surface area contributed by atoms with Gasteiger partial charge in [0.25, 0.3) is 5.91 Å². The fraction of sp³-hybridized carbons (Fsp3) is 0.233. The van der Waals surface area contributed by atoms with Crippen LogP contribution in [0.3, 0.4) is 0 Å². The van der Waals surface area contributed by atoms with E-state index in [1.165, 1.54) is 55.3 Å². The highest BCUT2D eigenvalue weighted by atomic mass is 19.4. The molecule has 0 aliphatic heterocycles. The number of carbonyl (C=O) groups is 3. The maximum atomic E-state index is 14.3. The van der Waals surface area contributed by atoms with E-state index in [0.29, 0.717) is 6.42 Å². The first-order chi connectivity index (χ1) is 20.7. The number of hydrogen-bond donors (Lipinski definition) is 4. The van der Waals surface area contributed by atoms with Crippen LogP contribution in [0.1, 0.15) is 58.7 Å². The summed E-state index contributed by atoms with van der Waals surface area (Å²) in [5, 5.41) is 37.0. The second-order valence-corrected chi connectivity index (χ2v) is 9.81. The van der Waals surface area contributed by atoms with E-state index in [1.807, 2.05) is 6.07 Å². The first-order valence-corrected chi connectivity index (χ1v) is 13.2. The highest BCUT2D eigenvalue weighted by molar-refractivity contribution is 6.14. The van der Waals surface area contributed by atoms with Crippen molar-refractivity contribution in [2.24, 2.45) is 0 Å². The van der Waals surface area contributed by atoms with Gasteiger partial charge in [-0.25, -0.2) is 4.79 Å². The highest BCUT2D eigenvalue weighted by Gasteiger charge is 2.35. The van der Waals surface area contributed by atoms with Gasteiger partial charge < -0.3 is 30.3 Å². The summed E-state index contributed by atoms with van der Waals surface area (Å²) in [5.41, 5.74) is -2.19. The van der Waals surface area contributed by atoms with Gasteiger partial charge in [-0.1, -0.05) is 18.1 Å². The summed E-state index contributed by atoms with van der Waals surface area (Å²) in [7, 11) is 1.39. The minimum absolute atomic E-state index is 0.0104. The van der Waals surface area contributed by atoms with Crippen molar-refractivity contribution >= 4 is 45.8 Å². The maximum Gasteiger partial charge on any atom is 0.417 e. The summed E-state index contributed by atoms with van der Waals surface area (Å²) in [6.07, 6.45) is -5.41. The van der Waals surface area contributed by atoms with E-state index >= 15 is 0 Å². The van der Waals surface area contributed by atoms with Gasteiger partial charge in [0.15, 0.2) is 11.3 Å². The molecule has 1 unspecified atom stereocenters. The average molecular weight is 610 g/mol. The number of amides is 2. The van der Waals surface area contributed by atoms with Crippen LogP contribution in [0.2, 0.25) is 0 Å². The molecular weight excluding hydrogens is 583 g/mol. The molecule has 1 aromatic heterocycles. The van der Waals surface area contributed by atoms with Crippen LogP contribution in [-0.4, -0.2) is 46.4 Å². The topological polar surface area (TPSA) is 169 Å². The second-order valence-electron chi connectivity index (χ2n) is 9.81. The number of nitriles is 1. The summed E-state index contributed by atoms with van der Waals surface area (Å²) in [6.45, 7) is 3.12. The number of fused-ring (bicyclic) bond motifs is 1. The fourth-order valence-corrected chi connectivity index (χ4v) is 4.57. The molecule has 0 saturated heterocycles. The molecule has 1 heterocycles. The average Bonchev–Trinajstić information content (AvgIpc) is 3.38. The molecule has 0 fully saturated rings. The molecule has 0 aliphatic carbocycles. The first-order valence-electron chi connectivity index (χ1n) is 13.2. The largest absolute Gasteiger partial charge is 0.478 e. The van der Waals surface area contributed by atoms with Crippen molar-refractivity contribution in [3.05, 3.63) is 70.9 Å². The lowest BCUT2D eigenvalue weighted by atomic mass is 9.95. The quantitative estimate of drug-likeness (QED) is 0.170. The van der Waals surface area contributed by atoms with Crippen LogP contribution < -0.4 is 15.5 Å². The summed E-state index contributed by atoms with van der Waals surface area (Å²) >= 11 is 0. The Kier molecular flexibility index (Phi) is 8.91. The number of benzene rings is 3. The zero-order valence-corrected chi connectivity index (χ0v) is 23.6. The van der Waals surface area contributed by atoms with Crippen molar-refractivity contribution in [3.8, 4) is 17.2 Å². The van der Waals surface area contributed by atoms with Gasteiger partial charge in [-0.05, 0) is 61.4 Å². The number of aromatic carboxylic acids is 1. The molecule has 0 bridgehead atoms. The van der Waals surface area contributed by atoms with E-state index < -0.39 is 35.8 Å². The van der Waals surface area contributed by atoms with Gasteiger partial charge in [0.1, 0.15) is 6.23 Å². The van der Waals surface area contributed by atoms with Crippen LogP contribution in [0, 0.1) is 11.3 Å². The maximum absolute atomic E-state index is 14.3. The molecule has 3 aromatic carbocycles. The van der Waals surface area contributed by atoms with Crippen molar-refractivity contribution in [2.75, 3.05) is 22.6 Å². The lowest BCUT2D eigenvalue weighted by Crippen LogP contribution is -2.26. The molecule has 4 N–H and O–H groups in total. The highest BCUT2D eigenvalue weighted by Crippen LogP contribution is 2.44. The van der Waals surface area contributed by atoms with Crippen LogP contribution in [-0.2, 0) is 11.0 Å². The Morgan fingerprint density at radius 1 is 1.11 bits per heavy atom. The summed E-state index contributed by atoms with van der Waals surface area (Å²) in [4.78, 5) is 39.1. The van der Waals surface area contributed by atoms with Crippen molar-refractivity contribution in [1.29, 1.82) is 5.26 Å². The molecule has 14 heteroatoms. The van der Waals surface area contributed by atoms with Crippen LogP contribution in [0.15, 0.2) is 53.1 Å². The predicted molar refractivity (Wildman–Crippen MR) is 154 cm³/mol. The Morgan fingerprint density at radius 2 is 1.84 bits per heavy atom. The molecule has 1 atom stereocenters. The fourth-order valence-electron chi connectivity index (χ4n) is 4.57. The summed E-state index contributed by atoms with van der Waals surface area (Å²) < 4.78 is 48.3. The first kappa shape index (κ1) is 31.5. The van der Waals surface area contributed by atoms with Crippen LogP contribution in [0.5, 0.6) is 0 Å². The standard InChI is InChI=1S/C30H26F3N5O6/c1-4-5-26(40)38(3)24-12-21-25(13-19(24)18-8-7-17(35-15(2)39)11-22(18)30(31,32)33)44-37-27(21)28(41)36-23-9-6-16(14-34)10-20(23)29(42)43/h6-13,15,35,39H,4-5H2,1-3H3,(H,36,41)(H,42,43). The van der Waals surface area contributed by atoms with Crippen LogP contribution in [0.25, 0.3) is 22.1 Å². The number of hydrogen-bond acceptors (Lipinski definition) is 8. The van der Waals surface area contributed by atoms with Crippen LogP contribution >= 0.6 is 0 Å². The molecule has 228 valence electrons. The summed E-state index contributed by atoms with van der Waals surface area (Å²) in [6, 6.07) is 11.3. The number of nitrogens with one attached hydrogen (secondary N) is 2. The molecule has 11 nitrogen and oxygen atoms in total. The van der Waals surface area contributed by atoms with E-state index in [-0.39, 0.29) is 62.4 Å². The van der Waals surface area contributed by atoms with Crippen molar-refractivity contribution in [3.63, 3.8) is 0 Å². The number of nitrogens with zero attached hydrogens (tertiary/aromatic N) is 3. The second kappa shape index (κ2) is 12.4. The smallest absolute Gasteiger partial charge is 0.417 e. The molecule has 0 radical (unpaired) electrons. The van der Waals surface area contributed by atoms with Gasteiger partial charge in [0, 0.05) is 24.7 Å². The van der Waals surface area contributed by atoms with Crippen LogP contribution in [0.4, 0.5) is 30.2 Å². The number of halogens is 3. The molecule has 0 spiro atoms. The summed E-state index contributed by atoms with van der Waals surface area (Å²) in [5.74, 6) is -2.71. The molecule has 4 rings (SSSR count). The number of carbonyl (C=O) groups excluding carboxylic acids is 2. The number of rotatable bonds is 9. The number of anilines is 3.